The van der Waals surface area contributed by atoms with Gasteiger partial charge in [-0.1, -0.05) is 15.9 Å². The van der Waals surface area contributed by atoms with Crippen LogP contribution in [0.15, 0.2) is 60.9 Å². The first-order chi connectivity index (χ1) is 9.31. The SMILES string of the molecule is Brc1ccc(SCc2nnc(-c3ccco3)o2)cc1. The van der Waals surface area contributed by atoms with E-state index in [1.165, 1.54) is 0 Å². The number of rotatable bonds is 4. The summed E-state index contributed by atoms with van der Waals surface area (Å²) in [7, 11) is 0. The maximum absolute atomic E-state index is 5.53. The fourth-order valence-electron chi connectivity index (χ4n) is 1.49. The van der Waals surface area contributed by atoms with E-state index in [1.807, 2.05) is 24.3 Å². The van der Waals surface area contributed by atoms with E-state index in [9.17, 15) is 0 Å². The number of aromatic nitrogens is 2. The zero-order chi connectivity index (χ0) is 13.1. The highest BCUT2D eigenvalue weighted by molar-refractivity contribution is 9.10. The van der Waals surface area contributed by atoms with Gasteiger partial charge in [0.25, 0.3) is 5.89 Å². The normalized spacial score (nSPS) is 10.8. The van der Waals surface area contributed by atoms with Crippen LogP contribution >= 0.6 is 27.7 Å². The Morgan fingerprint density at radius 2 is 1.95 bits per heavy atom. The molecule has 0 aliphatic heterocycles. The van der Waals surface area contributed by atoms with Crippen LogP contribution in [0.5, 0.6) is 0 Å². The van der Waals surface area contributed by atoms with E-state index < -0.39 is 0 Å². The van der Waals surface area contributed by atoms with Crippen LogP contribution in [-0.2, 0) is 5.75 Å². The van der Waals surface area contributed by atoms with Gasteiger partial charge in [0, 0.05) is 9.37 Å². The van der Waals surface area contributed by atoms with Gasteiger partial charge in [-0.05, 0) is 36.4 Å². The van der Waals surface area contributed by atoms with Crippen LogP contribution < -0.4 is 0 Å². The van der Waals surface area contributed by atoms with E-state index in [1.54, 1.807) is 30.2 Å². The van der Waals surface area contributed by atoms with Crippen molar-refractivity contribution in [2.24, 2.45) is 0 Å². The van der Waals surface area contributed by atoms with Crippen LogP contribution in [0, 0.1) is 0 Å². The lowest BCUT2D eigenvalue weighted by Gasteiger charge is -1.98. The fraction of sp³-hybridized carbons (Fsp3) is 0.0769. The molecule has 1 aromatic carbocycles. The number of benzene rings is 1. The first kappa shape index (κ1) is 12.5. The van der Waals surface area contributed by atoms with Gasteiger partial charge >= 0.3 is 0 Å². The molecule has 2 aromatic heterocycles. The molecular weight excluding hydrogens is 328 g/mol. The standard InChI is InChI=1S/C13H9BrN2O2S/c14-9-3-5-10(6-4-9)19-8-12-15-16-13(18-12)11-2-1-7-17-11/h1-7H,8H2. The molecule has 3 aromatic rings. The second kappa shape index (κ2) is 5.63. The molecule has 0 N–H and O–H groups in total. The third-order valence-corrected chi connectivity index (χ3v) is 3.90. The van der Waals surface area contributed by atoms with Crippen molar-refractivity contribution in [1.82, 2.24) is 10.2 Å². The van der Waals surface area contributed by atoms with Crippen molar-refractivity contribution in [2.45, 2.75) is 10.6 Å². The zero-order valence-corrected chi connectivity index (χ0v) is 12.1. The van der Waals surface area contributed by atoms with Gasteiger partial charge in [0.2, 0.25) is 5.89 Å². The third kappa shape index (κ3) is 3.08. The lowest BCUT2D eigenvalue weighted by molar-refractivity contribution is 0.494. The highest BCUT2D eigenvalue weighted by Crippen LogP contribution is 2.25. The molecule has 0 atom stereocenters. The molecule has 3 rings (SSSR count). The Hall–Kier alpha value is -1.53. The Bertz CT molecular complexity index is 650. The summed E-state index contributed by atoms with van der Waals surface area (Å²) < 4.78 is 11.8. The number of halogens is 1. The summed E-state index contributed by atoms with van der Waals surface area (Å²) in [4.78, 5) is 1.15. The van der Waals surface area contributed by atoms with Crippen molar-refractivity contribution in [3.8, 4) is 11.7 Å². The van der Waals surface area contributed by atoms with E-state index in [-0.39, 0.29) is 0 Å². The maximum Gasteiger partial charge on any atom is 0.283 e. The summed E-state index contributed by atoms with van der Waals surface area (Å²) in [6.07, 6.45) is 1.58. The van der Waals surface area contributed by atoms with Gasteiger partial charge in [-0.3, -0.25) is 0 Å². The number of hydrogen-bond donors (Lipinski definition) is 0. The van der Waals surface area contributed by atoms with Gasteiger partial charge in [-0.25, -0.2) is 0 Å². The van der Waals surface area contributed by atoms with Crippen molar-refractivity contribution in [3.05, 3.63) is 53.0 Å². The van der Waals surface area contributed by atoms with Crippen LogP contribution in [0.2, 0.25) is 0 Å². The topological polar surface area (TPSA) is 52.1 Å². The third-order valence-electron chi connectivity index (χ3n) is 2.37. The Morgan fingerprint density at radius 1 is 1.11 bits per heavy atom. The van der Waals surface area contributed by atoms with Crippen molar-refractivity contribution >= 4 is 27.7 Å². The minimum absolute atomic E-state index is 0.413. The number of thioether (sulfide) groups is 1. The van der Waals surface area contributed by atoms with Crippen LogP contribution in [0.3, 0.4) is 0 Å². The molecule has 0 bridgehead atoms. The lowest BCUT2D eigenvalue weighted by atomic mass is 10.4. The average Bonchev–Trinajstić information content (AvgIpc) is 3.09. The Kier molecular flexibility index (Phi) is 3.70. The molecule has 0 unspecified atom stereocenters. The van der Waals surface area contributed by atoms with Crippen molar-refractivity contribution in [1.29, 1.82) is 0 Å². The maximum atomic E-state index is 5.53. The molecule has 2 heterocycles. The number of furan rings is 1. The number of hydrogen-bond acceptors (Lipinski definition) is 5. The van der Waals surface area contributed by atoms with Crippen LogP contribution in [0.25, 0.3) is 11.7 Å². The highest BCUT2D eigenvalue weighted by Gasteiger charge is 2.10. The molecule has 0 fully saturated rings. The smallest absolute Gasteiger partial charge is 0.283 e. The van der Waals surface area contributed by atoms with Crippen LogP contribution in [-0.4, -0.2) is 10.2 Å². The first-order valence-corrected chi connectivity index (χ1v) is 7.34. The van der Waals surface area contributed by atoms with E-state index in [0.717, 1.165) is 9.37 Å². The summed E-state index contributed by atoms with van der Waals surface area (Å²) in [5.74, 6) is 2.22. The van der Waals surface area contributed by atoms with Crippen LogP contribution in [0.1, 0.15) is 5.89 Å². The summed E-state index contributed by atoms with van der Waals surface area (Å²) >= 11 is 5.05. The molecule has 6 heteroatoms. The lowest BCUT2D eigenvalue weighted by Crippen LogP contribution is -1.80. The van der Waals surface area contributed by atoms with Gasteiger partial charge in [-0.15, -0.1) is 22.0 Å². The van der Waals surface area contributed by atoms with E-state index in [0.29, 0.717) is 23.3 Å². The second-order valence-electron chi connectivity index (χ2n) is 3.72. The van der Waals surface area contributed by atoms with Crippen molar-refractivity contribution in [3.63, 3.8) is 0 Å². The molecule has 0 radical (unpaired) electrons. The van der Waals surface area contributed by atoms with Gasteiger partial charge in [0.05, 0.1) is 12.0 Å². The predicted octanol–water partition coefficient (Wildman–Crippen LogP) is 4.38. The Labute approximate surface area is 122 Å². The largest absolute Gasteiger partial charge is 0.459 e. The molecule has 0 aliphatic carbocycles. The van der Waals surface area contributed by atoms with E-state index in [4.69, 9.17) is 8.83 Å². The van der Waals surface area contributed by atoms with E-state index in [2.05, 4.69) is 26.1 Å². The minimum atomic E-state index is 0.413. The van der Waals surface area contributed by atoms with E-state index >= 15 is 0 Å². The average molecular weight is 337 g/mol. The van der Waals surface area contributed by atoms with Gasteiger partial charge in [-0.2, -0.15) is 0 Å². The predicted molar refractivity (Wildman–Crippen MR) is 75.7 cm³/mol. The molecule has 96 valence electrons. The molecule has 4 nitrogen and oxygen atoms in total. The Morgan fingerprint density at radius 3 is 2.68 bits per heavy atom. The highest BCUT2D eigenvalue weighted by atomic mass is 79.9. The molecule has 0 saturated heterocycles. The van der Waals surface area contributed by atoms with Crippen molar-refractivity contribution < 1.29 is 8.83 Å². The molecule has 0 aliphatic rings. The summed E-state index contributed by atoms with van der Waals surface area (Å²) in [5, 5.41) is 7.95. The molecular formula is C13H9BrN2O2S. The Balaban J connectivity index is 1.66. The first-order valence-electron chi connectivity index (χ1n) is 5.56. The summed E-state index contributed by atoms with van der Waals surface area (Å²) in [6, 6.07) is 11.7. The molecule has 19 heavy (non-hydrogen) atoms. The summed E-state index contributed by atoms with van der Waals surface area (Å²) in [6.45, 7) is 0. The van der Waals surface area contributed by atoms with Gasteiger partial charge < -0.3 is 8.83 Å². The minimum Gasteiger partial charge on any atom is -0.459 e. The van der Waals surface area contributed by atoms with Crippen molar-refractivity contribution in [2.75, 3.05) is 0 Å². The monoisotopic (exact) mass is 336 g/mol. The molecule has 0 amide bonds. The van der Waals surface area contributed by atoms with Crippen LogP contribution in [0.4, 0.5) is 0 Å². The number of nitrogens with zero attached hydrogens (tertiary/aromatic N) is 2. The molecule has 0 spiro atoms. The fourth-order valence-corrected chi connectivity index (χ4v) is 2.49. The van der Waals surface area contributed by atoms with Gasteiger partial charge in [0.15, 0.2) is 5.76 Å². The zero-order valence-electron chi connectivity index (χ0n) is 9.75. The van der Waals surface area contributed by atoms with Gasteiger partial charge in [0.1, 0.15) is 0 Å². The summed E-state index contributed by atoms with van der Waals surface area (Å²) in [5.41, 5.74) is 0. The quantitative estimate of drug-likeness (QED) is 0.661. The second-order valence-corrected chi connectivity index (χ2v) is 5.69. The molecule has 0 saturated carbocycles.